The van der Waals surface area contributed by atoms with Gasteiger partial charge < -0.3 is 10.2 Å². The maximum Gasteiger partial charge on any atom is 0.0613 e. The van der Waals surface area contributed by atoms with Crippen LogP contribution in [0.25, 0.3) is 0 Å². The summed E-state index contributed by atoms with van der Waals surface area (Å²) in [4.78, 5) is 2.43. The van der Waals surface area contributed by atoms with Crippen molar-refractivity contribution in [3.05, 3.63) is 23.8 Å². The molecule has 94 valence electrons. The maximum absolute atomic E-state index is 3.63. The van der Waals surface area contributed by atoms with E-state index in [1.54, 1.807) is 0 Å². The number of rotatable bonds is 2. The highest BCUT2D eigenvalue weighted by molar-refractivity contribution is 5.76. The minimum absolute atomic E-state index is 0.571. The molecule has 1 aliphatic rings. The van der Waals surface area contributed by atoms with Gasteiger partial charge >= 0.3 is 0 Å². The zero-order valence-electron chi connectivity index (χ0n) is 11.6. The zero-order valence-corrected chi connectivity index (χ0v) is 11.6. The van der Waals surface area contributed by atoms with Crippen LogP contribution in [0, 0.1) is 5.92 Å². The Balaban J connectivity index is 2.41. The number of fused-ring (bicyclic) bond motifs is 1. The molecule has 1 heterocycles. The summed E-state index contributed by atoms with van der Waals surface area (Å²) in [7, 11) is 2.22. The SMILES string of the molecule is CC(C)c1cccc2c1NCC(C(C)C)N2C. The number of nitrogens with one attached hydrogen (secondary N) is 1. The van der Waals surface area contributed by atoms with Gasteiger partial charge in [0.25, 0.3) is 0 Å². The van der Waals surface area contributed by atoms with E-state index in [0.29, 0.717) is 17.9 Å². The second-order valence-electron chi connectivity index (χ2n) is 5.70. The lowest BCUT2D eigenvalue weighted by molar-refractivity contribution is 0.482. The number of anilines is 2. The minimum Gasteiger partial charge on any atom is -0.381 e. The summed E-state index contributed by atoms with van der Waals surface area (Å²) < 4.78 is 0. The Hall–Kier alpha value is -1.18. The molecule has 0 aliphatic carbocycles. The van der Waals surface area contributed by atoms with Gasteiger partial charge in [-0.2, -0.15) is 0 Å². The predicted molar refractivity (Wildman–Crippen MR) is 76.0 cm³/mol. The fourth-order valence-electron chi connectivity index (χ4n) is 2.73. The van der Waals surface area contributed by atoms with Gasteiger partial charge in [0.1, 0.15) is 0 Å². The predicted octanol–water partition coefficient (Wildman–Crippen LogP) is 3.70. The Labute approximate surface area is 105 Å². The molecule has 0 amide bonds. The quantitative estimate of drug-likeness (QED) is 0.836. The third-order valence-electron chi connectivity index (χ3n) is 3.83. The van der Waals surface area contributed by atoms with Crippen LogP contribution in [0.2, 0.25) is 0 Å². The van der Waals surface area contributed by atoms with Crippen molar-refractivity contribution in [3.8, 4) is 0 Å². The molecule has 0 fully saturated rings. The fraction of sp³-hybridized carbons (Fsp3) is 0.600. The van der Waals surface area contributed by atoms with E-state index in [-0.39, 0.29) is 0 Å². The topological polar surface area (TPSA) is 15.3 Å². The van der Waals surface area contributed by atoms with Crippen molar-refractivity contribution in [1.82, 2.24) is 0 Å². The number of para-hydroxylation sites is 1. The number of hydrogen-bond donors (Lipinski definition) is 1. The van der Waals surface area contributed by atoms with Gasteiger partial charge in [-0.15, -0.1) is 0 Å². The number of benzene rings is 1. The molecule has 1 unspecified atom stereocenters. The summed E-state index contributed by atoms with van der Waals surface area (Å²) in [6, 6.07) is 7.22. The average molecular weight is 232 g/mol. The van der Waals surface area contributed by atoms with Gasteiger partial charge in [-0.25, -0.2) is 0 Å². The summed E-state index contributed by atoms with van der Waals surface area (Å²) >= 11 is 0. The smallest absolute Gasteiger partial charge is 0.0613 e. The molecule has 2 heteroatoms. The first-order valence-electron chi connectivity index (χ1n) is 6.62. The molecule has 17 heavy (non-hydrogen) atoms. The Bertz CT molecular complexity index is 396. The molecule has 0 bridgehead atoms. The molecule has 2 nitrogen and oxygen atoms in total. The molecule has 0 saturated carbocycles. The van der Waals surface area contributed by atoms with Gasteiger partial charge in [-0.3, -0.25) is 0 Å². The van der Waals surface area contributed by atoms with Crippen molar-refractivity contribution in [1.29, 1.82) is 0 Å². The highest BCUT2D eigenvalue weighted by Gasteiger charge is 2.27. The van der Waals surface area contributed by atoms with Crippen LogP contribution in [0.3, 0.4) is 0 Å². The van der Waals surface area contributed by atoms with E-state index in [1.165, 1.54) is 16.9 Å². The van der Waals surface area contributed by atoms with E-state index >= 15 is 0 Å². The highest BCUT2D eigenvalue weighted by Crippen LogP contribution is 2.37. The van der Waals surface area contributed by atoms with Gasteiger partial charge in [-0.1, -0.05) is 39.8 Å². The molecule has 1 atom stereocenters. The van der Waals surface area contributed by atoms with Crippen LogP contribution in [-0.2, 0) is 0 Å². The second kappa shape index (κ2) is 4.59. The number of nitrogens with zero attached hydrogens (tertiary/aromatic N) is 1. The lowest BCUT2D eigenvalue weighted by atomic mass is 9.94. The van der Waals surface area contributed by atoms with E-state index in [1.807, 2.05) is 0 Å². The van der Waals surface area contributed by atoms with Crippen LogP contribution in [-0.4, -0.2) is 19.6 Å². The van der Waals surface area contributed by atoms with Crippen molar-refractivity contribution in [2.75, 3.05) is 23.8 Å². The van der Waals surface area contributed by atoms with Crippen molar-refractivity contribution in [3.63, 3.8) is 0 Å². The second-order valence-corrected chi connectivity index (χ2v) is 5.70. The van der Waals surface area contributed by atoms with Gasteiger partial charge in [0, 0.05) is 19.6 Å². The van der Waals surface area contributed by atoms with E-state index in [9.17, 15) is 0 Å². The molecular weight excluding hydrogens is 208 g/mol. The Morgan fingerprint density at radius 3 is 2.53 bits per heavy atom. The standard InChI is InChI=1S/C15H24N2/c1-10(2)12-7-6-8-13-15(12)16-9-14(11(3)4)17(13)5/h6-8,10-11,14,16H,9H2,1-5H3. The molecule has 0 spiro atoms. The molecule has 1 aromatic carbocycles. The average Bonchev–Trinajstić information content (AvgIpc) is 2.28. The third-order valence-corrected chi connectivity index (χ3v) is 3.83. The highest BCUT2D eigenvalue weighted by atomic mass is 15.2. The van der Waals surface area contributed by atoms with Crippen LogP contribution in [0.4, 0.5) is 11.4 Å². The zero-order chi connectivity index (χ0) is 12.6. The summed E-state index contributed by atoms with van der Waals surface area (Å²) in [5.41, 5.74) is 4.11. The monoisotopic (exact) mass is 232 g/mol. The molecule has 2 rings (SSSR count). The molecule has 0 radical (unpaired) electrons. The van der Waals surface area contributed by atoms with Gasteiger partial charge in [-0.05, 0) is 23.5 Å². The van der Waals surface area contributed by atoms with E-state index in [0.717, 1.165) is 6.54 Å². The molecule has 1 N–H and O–H groups in total. The molecule has 0 aromatic heterocycles. The van der Waals surface area contributed by atoms with E-state index in [2.05, 4.69) is 63.2 Å². The van der Waals surface area contributed by atoms with E-state index in [4.69, 9.17) is 0 Å². The van der Waals surface area contributed by atoms with Crippen LogP contribution in [0.15, 0.2) is 18.2 Å². The van der Waals surface area contributed by atoms with Crippen molar-refractivity contribution >= 4 is 11.4 Å². The van der Waals surface area contributed by atoms with Crippen LogP contribution in [0.1, 0.15) is 39.2 Å². The lowest BCUT2D eigenvalue weighted by Crippen LogP contribution is -2.45. The van der Waals surface area contributed by atoms with Gasteiger partial charge in [0.05, 0.1) is 11.4 Å². The van der Waals surface area contributed by atoms with Gasteiger partial charge in [0.2, 0.25) is 0 Å². The van der Waals surface area contributed by atoms with Crippen molar-refractivity contribution in [2.24, 2.45) is 5.92 Å². The lowest BCUT2D eigenvalue weighted by Gasteiger charge is -2.40. The Morgan fingerprint density at radius 2 is 1.94 bits per heavy atom. The Kier molecular flexibility index (Phi) is 3.32. The fourth-order valence-corrected chi connectivity index (χ4v) is 2.73. The normalized spacial score (nSPS) is 19.5. The first-order chi connectivity index (χ1) is 8.02. The van der Waals surface area contributed by atoms with Crippen LogP contribution < -0.4 is 10.2 Å². The summed E-state index contributed by atoms with van der Waals surface area (Å²) in [6.07, 6.45) is 0. The van der Waals surface area contributed by atoms with Crippen molar-refractivity contribution < 1.29 is 0 Å². The molecule has 0 saturated heterocycles. The first kappa shape index (κ1) is 12.3. The first-order valence-corrected chi connectivity index (χ1v) is 6.62. The summed E-state index contributed by atoms with van der Waals surface area (Å²) in [5, 5.41) is 3.63. The van der Waals surface area contributed by atoms with Crippen LogP contribution in [0.5, 0.6) is 0 Å². The number of likely N-dealkylation sites (N-methyl/N-ethyl adjacent to an activating group) is 1. The summed E-state index contributed by atoms with van der Waals surface area (Å²) in [6.45, 7) is 10.1. The maximum atomic E-state index is 3.63. The van der Waals surface area contributed by atoms with Crippen LogP contribution >= 0.6 is 0 Å². The van der Waals surface area contributed by atoms with Gasteiger partial charge in [0.15, 0.2) is 0 Å². The Morgan fingerprint density at radius 1 is 1.24 bits per heavy atom. The summed E-state index contributed by atoms with van der Waals surface area (Å²) in [5.74, 6) is 1.24. The number of hydrogen-bond acceptors (Lipinski definition) is 2. The minimum atomic E-state index is 0.571. The molecular formula is C15H24N2. The third kappa shape index (κ3) is 2.13. The molecule has 1 aliphatic heterocycles. The largest absolute Gasteiger partial charge is 0.381 e. The molecule has 1 aromatic rings. The van der Waals surface area contributed by atoms with Crippen molar-refractivity contribution in [2.45, 2.75) is 39.7 Å². The van der Waals surface area contributed by atoms with E-state index < -0.39 is 0 Å².